The molecule has 4 nitrogen and oxygen atoms in total. The minimum Gasteiger partial charge on any atom is -0.418 e. The van der Waals surface area contributed by atoms with Crippen molar-refractivity contribution >= 4 is 22.2 Å². The minimum absolute atomic E-state index is 0.887. The van der Waals surface area contributed by atoms with E-state index < -0.39 is 0 Å². The summed E-state index contributed by atoms with van der Waals surface area (Å²) in [5, 5.41) is 1.13. The SMILES string of the molecule is Cc1ccc2c(oc3c2[nH]c(C)[n+]3C)c1-c1cccc[n+]1C. The second-order valence-corrected chi connectivity index (χ2v) is 5.88. The number of nitrogens with zero attached hydrogens (tertiary/aromatic N) is 2. The molecule has 3 heterocycles. The van der Waals surface area contributed by atoms with Crippen molar-refractivity contribution in [2.45, 2.75) is 13.8 Å². The molecular weight excluding hydrogens is 274 g/mol. The molecule has 3 aromatic heterocycles. The number of hydrogen-bond donors (Lipinski definition) is 1. The number of pyridine rings is 1. The van der Waals surface area contributed by atoms with Gasteiger partial charge in [0.2, 0.25) is 11.2 Å². The van der Waals surface area contributed by atoms with Crippen LogP contribution in [0.4, 0.5) is 0 Å². The van der Waals surface area contributed by atoms with Crippen molar-refractivity contribution in [3.63, 3.8) is 0 Å². The van der Waals surface area contributed by atoms with Crippen molar-refractivity contribution in [1.29, 1.82) is 0 Å². The van der Waals surface area contributed by atoms with E-state index in [9.17, 15) is 0 Å². The number of aryl methyl sites for hydroxylation is 4. The third-order valence-electron chi connectivity index (χ3n) is 4.47. The summed E-state index contributed by atoms with van der Waals surface area (Å²) in [6.07, 6.45) is 2.06. The molecule has 1 N–H and O–H groups in total. The topological polar surface area (TPSA) is 36.7 Å². The normalized spacial score (nSPS) is 11.6. The first-order valence-corrected chi connectivity index (χ1v) is 7.43. The Labute approximate surface area is 128 Å². The van der Waals surface area contributed by atoms with Crippen LogP contribution in [0, 0.1) is 13.8 Å². The van der Waals surface area contributed by atoms with Crippen LogP contribution in [0.2, 0.25) is 0 Å². The van der Waals surface area contributed by atoms with Gasteiger partial charge >= 0.3 is 5.71 Å². The molecule has 0 aliphatic heterocycles. The highest BCUT2D eigenvalue weighted by Gasteiger charge is 2.25. The van der Waals surface area contributed by atoms with Crippen LogP contribution >= 0.6 is 0 Å². The molecular formula is C18H19N3O+2. The molecule has 0 spiro atoms. The number of aromatic nitrogens is 3. The first-order valence-electron chi connectivity index (χ1n) is 7.43. The lowest BCUT2D eigenvalue weighted by molar-refractivity contribution is -0.660. The molecule has 4 rings (SSSR count). The summed E-state index contributed by atoms with van der Waals surface area (Å²) in [4.78, 5) is 3.42. The zero-order valence-corrected chi connectivity index (χ0v) is 13.3. The summed E-state index contributed by atoms with van der Waals surface area (Å²) in [7, 11) is 4.08. The van der Waals surface area contributed by atoms with Crippen LogP contribution in [-0.2, 0) is 14.1 Å². The predicted octanol–water partition coefficient (Wildman–Crippen LogP) is 2.85. The van der Waals surface area contributed by atoms with E-state index in [0.717, 1.165) is 39.3 Å². The van der Waals surface area contributed by atoms with Gasteiger partial charge in [-0.2, -0.15) is 4.57 Å². The maximum absolute atomic E-state index is 6.24. The Morgan fingerprint density at radius 3 is 2.64 bits per heavy atom. The molecule has 0 amide bonds. The zero-order chi connectivity index (χ0) is 15.4. The lowest BCUT2D eigenvalue weighted by Gasteiger charge is -2.04. The third-order valence-corrected chi connectivity index (χ3v) is 4.47. The number of furan rings is 1. The lowest BCUT2D eigenvalue weighted by atomic mass is 10.0. The summed E-state index contributed by atoms with van der Waals surface area (Å²) >= 11 is 0. The molecule has 4 heteroatoms. The molecule has 0 bridgehead atoms. The smallest absolute Gasteiger partial charge is 0.338 e. The first-order chi connectivity index (χ1) is 10.6. The molecule has 0 fully saturated rings. The van der Waals surface area contributed by atoms with E-state index >= 15 is 0 Å². The van der Waals surface area contributed by atoms with Gasteiger partial charge in [0, 0.05) is 19.1 Å². The highest BCUT2D eigenvalue weighted by Crippen LogP contribution is 2.35. The fourth-order valence-electron chi connectivity index (χ4n) is 3.12. The molecule has 0 aliphatic carbocycles. The average molecular weight is 293 g/mol. The van der Waals surface area contributed by atoms with Gasteiger partial charge in [-0.25, -0.2) is 9.55 Å². The highest BCUT2D eigenvalue weighted by atomic mass is 16.3. The fraction of sp³-hybridized carbons (Fsp3) is 0.222. The van der Waals surface area contributed by atoms with Crippen molar-refractivity contribution in [2.75, 3.05) is 0 Å². The molecule has 22 heavy (non-hydrogen) atoms. The maximum Gasteiger partial charge on any atom is 0.338 e. The Bertz CT molecular complexity index is 1020. The molecule has 0 saturated heterocycles. The quantitative estimate of drug-likeness (QED) is 0.538. The summed E-state index contributed by atoms with van der Waals surface area (Å²) in [6.45, 7) is 4.18. The number of nitrogens with one attached hydrogen (secondary N) is 1. The van der Waals surface area contributed by atoms with Gasteiger partial charge in [0.05, 0.1) is 18.0 Å². The number of imidazole rings is 1. The summed E-state index contributed by atoms with van der Waals surface area (Å²) in [5.41, 5.74) is 6.42. The van der Waals surface area contributed by atoms with Crippen LogP contribution in [0.1, 0.15) is 11.4 Å². The van der Waals surface area contributed by atoms with Crippen LogP contribution < -0.4 is 9.13 Å². The largest absolute Gasteiger partial charge is 0.418 e. The Balaban J connectivity index is 2.16. The molecule has 0 unspecified atom stereocenters. The van der Waals surface area contributed by atoms with Crippen molar-refractivity contribution < 1.29 is 13.6 Å². The van der Waals surface area contributed by atoms with E-state index in [-0.39, 0.29) is 0 Å². The number of fused-ring (bicyclic) bond motifs is 3. The highest BCUT2D eigenvalue weighted by molar-refractivity contribution is 6.06. The van der Waals surface area contributed by atoms with Crippen molar-refractivity contribution in [3.8, 4) is 11.3 Å². The molecule has 1 aromatic carbocycles. The average Bonchev–Trinajstić information content (AvgIpc) is 2.98. The minimum atomic E-state index is 0.887. The van der Waals surface area contributed by atoms with Gasteiger partial charge < -0.3 is 4.42 Å². The molecule has 0 aliphatic rings. The van der Waals surface area contributed by atoms with Gasteiger partial charge in [-0.3, -0.25) is 0 Å². The Hall–Kier alpha value is -2.62. The van der Waals surface area contributed by atoms with Crippen LogP contribution in [0.3, 0.4) is 0 Å². The second kappa shape index (κ2) is 4.44. The van der Waals surface area contributed by atoms with E-state index in [1.165, 1.54) is 5.56 Å². The van der Waals surface area contributed by atoms with E-state index in [2.05, 4.69) is 58.6 Å². The van der Waals surface area contributed by atoms with E-state index in [1.807, 2.05) is 20.0 Å². The van der Waals surface area contributed by atoms with Gasteiger partial charge in [-0.1, -0.05) is 6.07 Å². The maximum atomic E-state index is 6.24. The first kappa shape index (κ1) is 13.1. The second-order valence-electron chi connectivity index (χ2n) is 5.88. The summed E-state index contributed by atoms with van der Waals surface area (Å²) in [5.74, 6) is 1.09. The number of benzene rings is 1. The monoisotopic (exact) mass is 293 g/mol. The molecule has 110 valence electrons. The van der Waals surface area contributed by atoms with E-state index in [0.29, 0.717) is 0 Å². The van der Waals surface area contributed by atoms with Gasteiger partial charge in [0.15, 0.2) is 11.8 Å². The van der Waals surface area contributed by atoms with Crippen LogP contribution in [0.5, 0.6) is 0 Å². The van der Waals surface area contributed by atoms with E-state index in [4.69, 9.17) is 4.42 Å². The summed E-state index contributed by atoms with van der Waals surface area (Å²) < 4.78 is 10.4. The number of H-pyrrole nitrogens is 1. The standard InChI is InChI=1S/C18H18N3O/c1-11-8-9-13-16-18(21(4)12(2)19-16)22-17(13)15(11)14-7-5-6-10-20(14)3/h5-10H,1-4H3/q+1/p+1. The van der Waals surface area contributed by atoms with Crippen LogP contribution in [0.25, 0.3) is 33.5 Å². The van der Waals surface area contributed by atoms with Crippen LogP contribution in [0.15, 0.2) is 40.9 Å². The zero-order valence-electron chi connectivity index (χ0n) is 13.3. The Kier molecular flexibility index (Phi) is 2.64. The van der Waals surface area contributed by atoms with Crippen molar-refractivity contribution in [3.05, 3.63) is 47.9 Å². The van der Waals surface area contributed by atoms with Gasteiger partial charge in [0.25, 0.3) is 5.82 Å². The van der Waals surface area contributed by atoms with Crippen LogP contribution in [-0.4, -0.2) is 4.98 Å². The predicted molar refractivity (Wildman–Crippen MR) is 85.3 cm³/mol. The van der Waals surface area contributed by atoms with E-state index in [1.54, 1.807) is 0 Å². The van der Waals surface area contributed by atoms with Gasteiger partial charge in [0.1, 0.15) is 7.05 Å². The molecule has 4 aromatic rings. The van der Waals surface area contributed by atoms with Gasteiger partial charge in [-0.15, -0.1) is 0 Å². The Morgan fingerprint density at radius 2 is 1.86 bits per heavy atom. The molecule has 0 radical (unpaired) electrons. The third kappa shape index (κ3) is 1.64. The number of rotatable bonds is 1. The lowest BCUT2D eigenvalue weighted by Crippen LogP contribution is -2.30. The molecule has 0 atom stereocenters. The Morgan fingerprint density at radius 1 is 1.05 bits per heavy atom. The number of hydrogen-bond acceptors (Lipinski definition) is 1. The number of aromatic amines is 1. The molecule has 0 saturated carbocycles. The van der Waals surface area contributed by atoms with Gasteiger partial charge in [-0.05, 0) is 24.6 Å². The van der Waals surface area contributed by atoms with Crippen molar-refractivity contribution in [2.24, 2.45) is 14.1 Å². The summed E-state index contributed by atoms with van der Waals surface area (Å²) in [6, 6.07) is 10.5. The fourth-order valence-corrected chi connectivity index (χ4v) is 3.12. The van der Waals surface area contributed by atoms with Crippen molar-refractivity contribution in [1.82, 2.24) is 4.98 Å².